The highest BCUT2D eigenvalue weighted by Gasteiger charge is 2.16. The van der Waals surface area contributed by atoms with Gasteiger partial charge in [0.2, 0.25) is 0 Å². The molecule has 1 aromatic rings. The van der Waals surface area contributed by atoms with Crippen molar-refractivity contribution in [3.8, 4) is 0 Å². The highest BCUT2D eigenvalue weighted by molar-refractivity contribution is 6.59. The van der Waals surface area contributed by atoms with Crippen LogP contribution < -0.4 is 5.46 Å². The predicted octanol–water partition coefficient (Wildman–Crippen LogP) is 0.219. The van der Waals surface area contributed by atoms with Gasteiger partial charge in [-0.3, -0.25) is 9.78 Å². The van der Waals surface area contributed by atoms with Crippen molar-refractivity contribution < 1.29 is 14.8 Å². The van der Waals surface area contributed by atoms with Crippen LogP contribution in [0.15, 0.2) is 24.9 Å². The highest BCUT2D eigenvalue weighted by atomic mass is 16.4. The highest BCUT2D eigenvalue weighted by Crippen LogP contribution is 2.04. The predicted molar refractivity (Wildman–Crippen MR) is 62.6 cm³/mol. The van der Waals surface area contributed by atoms with Gasteiger partial charge in [0.25, 0.3) is 0 Å². The average Bonchev–Trinajstić information content (AvgIpc) is 2.25. The molecule has 0 aliphatic heterocycles. The van der Waals surface area contributed by atoms with Crippen molar-refractivity contribution in [2.45, 2.75) is 19.8 Å². The summed E-state index contributed by atoms with van der Waals surface area (Å²) in [7, 11) is -1.55. The standard InChI is InChI=1S/C11H14BNO3/c1-3-4-5-11(14)10-6-8(2)9(7-13-10)12(15)16/h3,6-7,15-16H,1,4-5H2,2H3. The van der Waals surface area contributed by atoms with Gasteiger partial charge in [0.1, 0.15) is 5.69 Å². The molecule has 5 heteroatoms. The van der Waals surface area contributed by atoms with Crippen molar-refractivity contribution in [2.24, 2.45) is 0 Å². The molecule has 0 unspecified atom stereocenters. The molecule has 0 spiro atoms. The van der Waals surface area contributed by atoms with Gasteiger partial charge in [-0.05, 0) is 25.0 Å². The van der Waals surface area contributed by atoms with Gasteiger partial charge in [-0.25, -0.2) is 0 Å². The fourth-order valence-corrected chi connectivity index (χ4v) is 1.35. The lowest BCUT2D eigenvalue weighted by molar-refractivity contribution is 0.0979. The maximum atomic E-state index is 11.6. The summed E-state index contributed by atoms with van der Waals surface area (Å²) in [5, 5.41) is 18.0. The van der Waals surface area contributed by atoms with Gasteiger partial charge < -0.3 is 10.0 Å². The van der Waals surface area contributed by atoms with Crippen LogP contribution in [0.2, 0.25) is 0 Å². The second-order valence-electron chi connectivity index (χ2n) is 3.55. The molecule has 0 amide bonds. The largest absolute Gasteiger partial charge is 0.490 e. The van der Waals surface area contributed by atoms with Crippen molar-refractivity contribution in [2.75, 3.05) is 0 Å². The number of carbonyl (C=O) groups excluding carboxylic acids is 1. The zero-order chi connectivity index (χ0) is 12.1. The van der Waals surface area contributed by atoms with Crippen molar-refractivity contribution in [1.82, 2.24) is 4.98 Å². The van der Waals surface area contributed by atoms with E-state index >= 15 is 0 Å². The molecule has 16 heavy (non-hydrogen) atoms. The molecule has 0 aromatic carbocycles. The minimum atomic E-state index is -1.55. The number of ketones is 1. The van der Waals surface area contributed by atoms with E-state index in [1.54, 1.807) is 19.1 Å². The zero-order valence-corrected chi connectivity index (χ0v) is 9.18. The van der Waals surface area contributed by atoms with E-state index < -0.39 is 7.12 Å². The summed E-state index contributed by atoms with van der Waals surface area (Å²) in [5.74, 6) is -0.0676. The maximum Gasteiger partial charge on any atom is 0.490 e. The van der Waals surface area contributed by atoms with E-state index in [0.717, 1.165) is 0 Å². The van der Waals surface area contributed by atoms with E-state index in [-0.39, 0.29) is 5.78 Å². The molecule has 0 aliphatic carbocycles. The smallest absolute Gasteiger partial charge is 0.423 e. The summed E-state index contributed by atoms with van der Waals surface area (Å²) in [4.78, 5) is 15.5. The average molecular weight is 219 g/mol. The Balaban J connectivity index is 2.88. The fourth-order valence-electron chi connectivity index (χ4n) is 1.35. The first-order valence-corrected chi connectivity index (χ1v) is 5.03. The van der Waals surface area contributed by atoms with E-state index in [4.69, 9.17) is 10.0 Å². The van der Waals surface area contributed by atoms with Gasteiger partial charge in [-0.1, -0.05) is 6.08 Å². The van der Waals surface area contributed by atoms with E-state index in [0.29, 0.717) is 29.6 Å². The first kappa shape index (κ1) is 12.6. The summed E-state index contributed by atoms with van der Waals surface area (Å²) in [6.45, 7) is 5.25. The van der Waals surface area contributed by atoms with Gasteiger partial charge in [-0.2, -0.15) is 0 Å². The quantitative estimate of drug-likeness (QED) is 0.422. The molecule has 1 aromatic heterocycles. The van der Waals surface area contributed by atoms with Crippen LogP contribution in [0.3, 0.4) is 0 Å². The molecule has 2 N–H and O–H groups in total. The summed E-state index contributed by atoms with van der Waals surface area (Å²) in [6, 6.07) is 1.57. The van der Waals surface area contributed by atoms with Crippen molar-refractivity contribution in [1.29, 1.82) is 0 Å². The summed E-state index contributed by atoms with van der Waals surface area (Å²) in [5.41, 5.74) is 1.32. The van der Waals surface area contributed by atoms with Crippen LogP contribution in [-0.2, 0) is 0 Å². The summed E-state index contributed by atoms with van der Waals surface area (Å²) >= 11 is 0. The third-order valence-electron chi connectivity index (χ3n) is 2.29. The van der Waals surface area contributed by atoms with Crippen molar-refractivity contribution >= 4 is 18.4 Å². The Morgan fingerprint density at radius 1 is 1.62 bits per heavy atom. The second kappa shape index (κ2) is 5.58. The van der Waals surface area contributed by atoms with Crippen molar-refractivity contribution in [3.05, 3.63) is 36.2 Å². The molecule has 84 valence electrons. The lowest BCUT2D eigenvalue weighted by Crippen LogP contribution is -2.33. The van der Waals surface area contributed by atoms with E-state index in [2.05, 4.69) is 11.6 Å². The van der Waals surface area contributed by atoms with Gasteiger partial charge in [0, 0.05) is 18.1 Å². The molecule has 0 saturated carbocycles. The lowest BCUT2D eigenvalue weighted by atomic mass is 9.78. The van der Waals surface area contributed by atoms with Crippen molar-refractivity contribution in [3.63, 3.8) is 0 Å². The van der Waals surface area contributed by atoms with Crippen LogP contribution in [0.4, 0.5) is 0 Å². The van der Waals surface area contributed by atoms with Crippen LogP contribution in [0.5, 0.6) is 0 Å². The maximum absolute atomic E-state index is 11.6. The molecule has 0 saturated heterocycles. The molecule has 0 aliphatic rings. The van der Waals surface area contributed by atoms with Gasteiger partial charge in [0.05, 0.1) is 0 Å². The third kappa shape index (κ3) is 3.02. The molecular weight excluding hydrogens is 205 g/mol. The third-order valence-corrected chi connectivity index (χ3v) is 2.29. The molecule has 0 fully saturated rings. The Labute approximate surface area is 94.8 Å². The minimum Gasteiger partial charge on any atom is -0.423 e. The second-order valence-corrected chi connectivity index (χ2v) is 3.55. The van der Waals surface area contributed by atoms with Crippen LogP contribution in [0.1, 0.15) is 28.9 Å². The number of hydrogen-bond acceptors (Lipinski definition) is 4. The topological polar surface area (TPSA) is 70.4 Å². The van der Waals surface area contributed by atoms with E-state index in [9.17, 15) is 4.79 Å². The molecule has 1 heterocycles. The fraction of sp³-hybridized carbons (Fsp3) is 0.273. The normalized spacial score (nSPS) is 9.94. The number of carbonyl (C=O) groups is 1. The Bertz CT molecular complexity index is 404. The number of pyridine rings is 1. The Hall–Kier alpha value is -1.46. The molecule has 1 rings (SSSR count). The van der Waals surface area contributed by atoms with Crippen LogP contribution in [-0.4, -0.2) is 27.9 Å². The molecule has 0 radical (unpaired) electrons. The summed E-state index contributed by atoms with van der Waals surface area (Å²) in [6.07, 6.45) is 3.98. The molecule has 4 nitrogen and oxygen atoms in total. The number of nitrogens with zero attached hydrogens (tertiary/aromatic N) is 1. The number of rotatable bonds is 5. The SMILES string of the molecule is C=CCCC(=O)c1cc(C)c(B(O)O)cn1. The number of allylic oxidation sites excluding steroid dienone is 1. The van der Waals surface area contributed by atoms with E-state index in [1.165, 1.54) is 6.20 Å². The number of Topliss-reactive ketones (excluding diaryl/α,β-unsaturated/α-hetero) is 1. The number of hydrogen-bond donors (Lipinski definition) is 2. The first-order valence-electron chi connectivity index (χ1n) is 5.03. The van der Waals surface area contributed by atoms with Gasteiger partial charge in [0.15, 0.2) is 5.78 Å². The van der Waals surface area contributed by atoms with Crippen LogP contribution in [0, 0.1) is 6.92 Å². The molecular formula is C11H14BNO3. The monoisotopic (exact) mass is 219 g/mol. The number of aromatic nitrogens is 1. The Kier molecular flexibility index (Phi) is 4.40. The number of aryl methyl sites for hydroxylation is 1. The zero-order valence-electron chi connectivity index (χ0n) is 9.18. The first-order chi connectivity index (χ1) is 7.56. The Morgan fingerprint density at radius 3 is 2.81 bits per heavy atom. The molecule has 0 atom stereocenters. The van der Waals surface area contributed by atoms with Crippen LogP contribution in [0.25, 0.3) is 0 Å². The van der Waals surface area contributed by atoms with E-state index in [1.807, 2.05) is 0 Å². The van der Waals surface area contributed by atoms with Crippen LogP contribution >= 0.6 is 0 Å². The summed E-state index contributed by atoms with van der Waals surface area (Å²) < 4.78 is 0. The minimum absolute atomic E-state index is 0.0676. The Morgan fingerprint density at radius 2 is 2.31 bits per heavy atom. The van der Waals surface area contributed by atoms with Gasteiger partial charge >= 0.3 is 7.12 Å². The van der Waals surface area contributed by atoms with Gasteiger partial charge in [-0.15, -0.1) is 6.58 Å². The molecule has 0 bridgehead atoms. The lowest BCUT2D eigenvalue weighted by Gasteiger charge is -2.05.